The number of hydrogen-bond donors (Lipinski definition) is 2. The van der Waals surface area contributed by atoms with Gasteiger partial charge in [-0.1, -0.05) is 26.0 Å². The first-order chi connectivity index (χ1) is 12.8. The molecule has 5 nitrogen and oxygen atoms in total. The molecule has 1 aromatic carbocycles. The van der Waals surface area contributed by atoms with Gasteiger partial charge in [0.25, 0.3) is 0 Å². The fourth-order valence-corrected chi connectivity index (χ4v) is 4.40. The minimum atomic E-state index is -0.249. The summed E-state index contributed by atoms with van der Waals surface area (Å²) in [6, 6.07) is 6.24. The van der Waals surface area contributed by atoms with Crippen molar-refractivity contribution in [1.82, 2.24) is 15.5 Å². The number of carbonyl (C=O) groups is 2. The fourth-order valence-electron chi connectivity index (χ4n) is 4.40. The number of likely N-dealkylation sites (tertiary alicyclic amines) is 1. The molecule has 2 aliphatic rings. The van der Waals surface area contributed by atoms with E-state index in [2.05, 4.69) is 29.4 Å². The topological polar surface area (TPSA) is 61.4 Å². The molecule has 0 aromatic heterocycles. The molecule has 1 heterocycles. The average Bonchev–Trinajstić information content (AvgIpc) is 3.21. The summed E-state index contributed by atoms with van der Waals surface area (Å²) < 4.78 is 12.9. The molecular formula is C21H30FN3O2. The Kier molecular flexibility index (Phi) is 5.84. The van der Waals surface area contributed by atoms with E-state index >= 15 is 0 Å². The van der Waals surface area contributed by atoms with Gasteiger partial charge >= 0.3 is 0 Å². The zero-order valence-electron chi connectivity index (χ0n) is 16.4. The Morgan fingerprint density at radius 3 is 2.56 bits per heavy atom. The van der Waals surface area contributed by atoms with Crippen molar-refractivity contribution in [1.29, 1.82) is 0 Å². The number of benzene rings is 1. The monoisotopic (exact) mass is 375 g/mol. The number of nitrogens with one attached hydrogen (secondary N) is 2. The number of carbonyl (C=O) groups excluding carboxylic acids is 2. The molecule has 2 N–H and O–H groups in total. The van der Waals surface area contributed by atoms with Crippen molar-refractivity contribution < 1.29 is 14.0 Å². The summed E-state index contributed by atoms with van der Waals surface area (Å²) in [5.74, 6) is 0.360. The first kappa shape index (κ1) is 19.8. The number of rotatable bonds is 7. The molecular weight excluding hydrogens is 345 g/mol. The predicted octanol–water partition coefficient (Wildman–Crippen LogP) is 1.97. The van der Waals surface area contributed by atoms with E-state index in [1.807, 2.05) is 0 Å². The van der Waals surface area contributed by atoms with Crippen LogP contribution in [0.3, 0.4) is 0 Å². The van der Waals surface area contributed by atoms with Crippen LogP contribution in [-0.2, 0) is 16.0 Å². The number of nitrogens with zero attached hydrogens (tertiary/aromatic N) is 1. The number of amides is 2. The smallest absolute Gasteiger partial charge is 0.237 e. The number of halogens is 1. The van der Waals surface area contributed by atoms with Crippen molar-refractivity contribution in [3.8, 4) is 0 Å². The normalized spacial score (nSPS) is 27.1. The van der Waals surface area contributed by atoms with E-state index in [9.17, 15) is 14.0 Å². The second-order valence-electron chi connectivity index (χ2n) is 8.44. The lowest BCUT2D eigenvalue weighted by atomic mass is 9.99. The molecule has 6 heteroatoms. The lowest BCUT2D eigenvalue weighted by molar-refractivity contribution is -0.125. The van der Waals surface area contributed by atoms with Crippen molar-refractivity contribution in [2.45, 2.75) is 39.2 Å². The lowest BCUT2D eigenvalue weighted by Gasteiger charge is -2.24. The van der Waals surface area contributed by atoms with E-state index in [0.717, 1.165) is 31.5 Å². The number of likely N-dealkylation sites (N-methyl/N-ethyl adjacent to an activating group) is 1. The molecule has 1 saturated heterocycles. The summed E-state index contributed by atoms with van der Waals surface area (Å²) in [5, 5.41) is 5.79. The molecule has 3 rings (SSSR count). The van der Waals surface area contributed by atoms with Gasteiger partial charge in [0.2, 0.25) is 11.8 Å². The van der Waals surface area contributed by atoms with Gasteiger partial charge in [0.15, 0.2) is 0 Å². The van der Waals surface area contributed by atoms with Gasteiger partial charge in [0, 0.05) is 32.6 Å². The van der Waals surface area contributed by atoms with Crippen LogP contribution in [-0.4, -0.2) is 49.4 Å². The molecule has 1 aliphatic heterocycles. The molecule has 1 saturated carbocycles. The lowest BCUT2D eigenvalue weighted by Crippen LogP contribution is -2.43. The van der Waals surface area contributed by atoms with Gasteiger partial charge < -0.3 is 10.6 Å². The maximum atomic E-state index is 12.9. The van der Waals surface area contributed by atoms with E-state index in [1.165, 1.54) is 12.1 Å². The van der Waals surface area contributed by atoms with E-state index in [0.29, 0.717) is 18.9 Å². The van der Waals surface area contributed by atoms with Crippen LogP contribution < -0.4 is 10.6 Å². The molecule has 1 aromatic rings. The maximum Gasteiger partial charge on any atom is 0.237 e. The van der Waals surface area contributed by atoms with Crippen LogP contribution in [0.15, 0.2) is 24.3 Å². The first-order valence-corrected chi connectivity index (χ1v) is 9.82. The first-order valence-electron chi connectivity index (χ1n) is 9.82. The summed E-state index contributed by atoms with van der Waals surface area (Å²) in [6.07, 6.45) is 2.30. The van der Waals surface area contributed by atoms with Gasteiger partial charge in [0.1, 0.15) is 5.82 Å². The summed E-state index contributed by atoms with van der Waals surface area (Å²) in [7, 11) is 1.67. The summed E-state index contributed by atoms with van der Waals surface area (Å²) in [4.78, 5) is 27.1. The minimum absolute atomic E-state index is 0.00460. The second-order valence-corrected chi connectivity index (χ2v) is 8.44. The van der Waals surface area contributed by atoms with Crippen LogP contribution in [0.4, 0.5) is 4.39 Å². The Morgan fingerprint density at radius 1 is 1.22 bits per heavy atom. The second kappa shape index (κ2) is 7.97. The van der Waals surface area contributed by atoms with Crippen LogP contribution in [0.25, 0.3) is 0 Å². The van der Waals surface area contributed by atoms with Crippen LogP contribution >= 0.6 is 0 Å². The molecule has 27 heavy (non-hydrogen) atoms. The highest BCUT2D eigenvalue weighted by Crippen LogP contribution is 2.60. The van der Waals surface area contributed by atoms with Crippen LogP contribution in [0, 0.1) is 23.1 Å². The van der Waals surface area contributed by atoms with Gasteiger partial charge in [-0.25, -0.2) is 4.39 Å². The highest BCUT2D eigenvalue weighted by Gasteiger charge is 2.63. The third-order valence-corrected chi connectivity index (χ3v) is 5.84. The van der Waals surface area contributed by atoms with Crippen molar-refractivity contribution in [3.63, 3.8) is 0 Å². The Balaban J connectivity index is 1.53. The Bertz CT molecular complexity index is 691. The van der Waals surface area contributed by atoms with Crippen molar-refractivity contribution in [2.24, 2.45) is 17.3 Å². The van der Waals surface area contributed by atoms with Crippen LogP contribution in [0.2, 0.25) is 0 Å². The largest absolute Gasteiger partial charge is 0.358 e. The molecule has 148 valence electrons. The Morgan fingerprint density at radius 2 is 1.93 bits per heavy atom. The summed E-state index contributed by atoms with van der Waals surface area (Å²) in [5.41, 5.74) is 0.956. The van der Waals surface area contributed by atoms with Gasteiger partial charge in [-0.3, -0.25) is 14.5 Å². The van der Waals surface area contributed by atoms with Gasteiger partial charge in [0.05, 0.1) is 6.04 Å². The Hall–Kier alpha value is -1.95. The van der Waals surface area contributed by atoms with E-state index in [1.54, 1.807) is 19.2 Å². The molecule has 1 aliphatic carbocycles. The standard InChI is InChI=1S/C21H30FN3O2/c1-14(2)12-25-13-21(11-18(25)20(27)23-3)10-17(21)19(26)24-9-8-15-4-6-16(22)7-5-15/h4-7,14,17-18H,8-13H2,1-3H3,(H,23,27)(H,24,26)/t17-,18+,21+/m1/s1. The summed E-state index contributed by atoms with van der Waals surface area (Å²) in [6.45, 7) is 6.54. The molecule has 0 unspecified atom stereocenters. The average molecular weight is 375 g/mol. The van der Waals surface area contributed by atoms with Crippen molar-refractivity contribution >= 4 is 11.8 Å². The van der Waals surface area contributed by atoms with Gasteiger partial charge in [-0.2, -0.15) is 0 Å². The van der Waals surface area contributed by atoms with Gasteiger partial charge in [-0.05, 0) is 48.3 Å². The SMILES string of the molecule is CNC(=O)[C@@H]1C[C@@]2(C[C@@H]2C(=O)NCCc2ccc(F)cc2)CN1CC(C)C. The quantitative estimate of drug-likeness (QED) is 0.766. The third kappa shape index (κ3) is 4.49. The predicted molar refractivity (Wildman–Crippen MR) is 103 cm³/mol. The molecule has 1 spiro atoms. The molecule has 2 amide bonds. The van der Waals surface area contributed by atoms with Crippen molar-refractivity contribution in [3.05, 3.63) is 35.6 Å². The summed E-state index contributed by atoms with van der Waals surface area (Å²) >= 11 is 0. The molecule has 0 radical (unpaired) electrons. The van der Waals surface area contributed by atoms with Crippen LogP contribution in [0.5, 0.6) is 0 Å². The zero-order valence-corrected chi connectivity index (χ0v) is 16.4. The van der Waals surface area contributed by atoms with E-state index in [4.69, 9.17) is 0 Å². The highest BCUT2D eigenvalue weighted by molar-refractivity contribution is 5.85. The van der Waals surface area contributed by atoms with Crippen LogP contribution in [0.1, 0.15) is 32.3 Å². The Labute approximate surface area is 160 Å². The maximum absolute atomic E-state index is 12.9. The fraction of sp³-hybridized carbons (Fsp3) is 0.619. The molecule has 3 atom stereocenters. The molecule has 2 fully saturated rings. The molecule has 0 bridgehead atoms. The highest BCUT2D eigenvalue weighted by atomic mass is 19.1. The third-order valence-electron chi connectivity index (χ3n) is 5.84. The van der Waals surface area contributed by atoms with E-state index in [-0.39, 0.29) is 35.0 Å². The number of hydrogen-bond acceptors (Lipinski definition) is 3. The van der Waals surface area contributed by atoms with E-state index < -0.39 is 0 Å². The zero-order chi connectivity index (χ0) is 19.6. The minimum Gasteiger partial charge on any atom is -0.358 e. The van der Waals surface area contributed by atoms with Gasteiger partial charge in [-0.15, -0.1) is 0 Å². The van der Waals surface area contributed by atoms with Crippen molar-refractivity contribution in [2.75, 3.05) is 26.7 Å².